The number of rotatable bonds is 11. The molecule has 0 amide bonds. The molecule has 5 aliphatic rings. The van der Waals surface area contributed by atoms with Crippen molar-refractivity contribution in [2.75, 3.05) is 33.9 Å². The summed E-state index contributed by atoms with van der Waals surface area (Å²) in [5.74, 6) is 4.47. The Bertz CT molecular complexity index is 822. The van der Waals surface area contributed by atoms with Gasteiger partial charge in [-0.15, -0.1) is 0 Å². The van der Waals surface area contributed by atoms with E-state index in [1.165, 1.54) is 64.9 Å². The van der Waals surface area contributed by atoms with E-state index in [0.29, 0.717) is 36.0 Å². The molecule has 0 aliphatic heterocycles. The second-order valence-electron chi connectivity index (χ2n) is 13.9. The number of hydrogen-bond donors (Lipinski definition) is 1. The number of aliphatic hydroxyl groups excluding tert-OH is 1. The number of aliphatic hydroxyl groups is 1. The third kappa shape index (κ3) is 5.90. The Hall–Kier alpha value is -0.690. The Morgan fingerprint density at radius 1 is 1.00 bits per heavy atom. The van der Waals surface area contributed by atoms with E-state index in [1.54, 1.807) is 0 Å². The van der Waals surface area contributed by atoms with Gasteiger partial charge >= 0.3 is 5.97 Å². The van der Waals surface area contributed by atoms with Crippen LogP contribution in [0.4, 0.5) is 0 Å². The molecular weight excluding hydrogens is 502 g/mol. The third-order valence-electron chi connectivity index (χ3n) is 12.6. The predicted octanol–water partition coefficient (Wildman–Crippen LogP) is 6.69. The van der Waals surface area contributed by atoms with Crippen molar-refractivity contribution in [3.8, 4) is 0 Å². The minimum atomic E-state index is -0.478. The molecule has 6 heteroatoms. The fraction of sp³-hybridized carbons (Fsp3) is 0.971. The molecule has 0 aromatic carbocycles. The van der Waals surface area contributed by atoms with E-state index < -0.39 is 6.23 Å². The third-order valence-corrected chi connectivity index (χ3v) is 12.6. The highest BCUT2D eigenvalue weighted by molar-refractivity contribution is 5.69. The highest BCUT2D eigenvalue weighted by atomic mass is 16.5. The molecular formula is C34H61NO5. The highest BCUT2D eigenvalue weighted by Gasteiger charge is 2.68. The van der Waals surface area contributed by atoms with Crippen LogP contribution in [0.1, 0.15) is 112 Å². The van der Waals surface area contributed by atoms with Gasteiger partial charge in [0.05, 0.1) is 25.7 Å². The van der Waals surface area contributed by atoms with Gasteiger partial charge in [0.25, 0.3) is 0 Å². The zero-order valence-electron chi connectivity index (χ0n) is 26.8. The fourth-order valence-electron chi connectivity index (χ4n) is 10.8. The topological polar surface area (TPSA) is 68.2 Å². The average Bonchev–Trinajstić information content (AvgIpc) is 3.25. The molecule has 1 spiro atoms. The molecule has 11 atom stereocenters. The molecule has 3 unspecified atom stereocenters. The van der Waals surface area contributed by atoms with E-state index in [2.05, 4.69) is 20.8 Å². The number of esters is 1. The first-order valence-electron chi connectivity index (χ1n) is 17.0. The summed E-state index contributed by atoms with van der Waals surface area (Å²) in [6.45, 7) is 13.2. The molecule has 0 aromatic heterocycles. The van der Waals surface area contributed by atoms with Gasteiger partial charge in [-0.1, -0.05) is 20.8 Å². The minimum absolute atomic E-state index is 0.215. The zero-order chi connectivity index (χ0) is 29.1. The maximum Gasteiger partial charge on any atom is 0.306 e. The van der Waals surface area contributed by atoms with Crippen LogP contribution in [0.25, 0.3) is 0 Å². The first-order chi connectivity index (χ1) is 19.3. The van der Waals surface area contributed by atoms with Crippen LogP contribution in [0.5, 0.6) is 0 Å². The lowest BCUT2D eigenvalue weighted by atomic mass is 9.39. The summed E-state index contributed by atoms with van der Waals surface area (Å²) in [6, 6.07) is 0. The SMILES string of the molecule is CC.CCO[C@@H]1CC[C@]2(C)C3CC[C@]45C[C@H](CCC(O)N(C)CCC(=O)OC)[C@H]4CCC5[C@@H]3[C@H](OCC)C[C@@H]2C1. The molecule has 5 fully saturated rings. The van der Waals surface area contributed by atoms with Crippen LogP contribution in [0.3, 0.4) is 0 Å². The van der Waals surface area contributed by atoms with Gasteiger partial charge in [0, 0.05) is 19.8 Å². The van der Waals surface area contributed by atoms with E-state index in [1.807, 2.05) is 25.8 Å². The van der Waals surface area contributed by atoms with Crippen molar-refractivity contribution in [2.24, 2.45) is 46.3 Å². The lowest BCUT2D eigenvalue weighted by molar-refractivity contribution is -0.212. The monoisotopic (exact) mass is 563 g/mol. The Balaban J connectivity index is 0.00000181. The summed E-state index contributed by atoms with van der Waals surface area (Å²) in [5.41, 5.74) is 0.988. The Morgan fingerprint density at radius 3 is 2.42 bits per heavy atom. The summed E-state index contributed by atoms with van der Waals surface area (Å²) in [7, 11) is 3.33. The number of fused-ring (bicyclic) bond motifs is 4. The Labute approximate surface area is 245 Å². The van der Waals surface area contributed by atoms with Gasteiger partial charge in [0.15, 0.2) is 0 Å². The number of nitrogens with zero attached hydrogens (tertiary/aromatic N) is 1. The average molecular weight is 564 g/mol. The Morgan fingerprint density at radius 2 is 1.73 bits per heavy atom. The number of hydrogen-bond acceptors (Lipinski definition) is 6. The van der Waals surface area contributed by atoms with Crippen molar-refractivity contribution >= 4 is 5.97 Å². The van der Waals surface area contributed by atoms with Crippen molar-refractivity contribution in [3.05, 3.63) is 0 Å². The van der Waals surface area contributed by atoms with Gasteiger partial charge in [-0.05, 0) is 138 Å². The van der Waals surface area contributed by atoms with E-state index in [0.717, 1.165) is 61.6 Å². The van der Waals surface area contributed by atoms with Crippen molar-refractivity contribution < 1.29 is 24.1 Å². The highest BCUT2D eigenvalue weighted by Crippen LogP contribution is 2.75. The molecule has 0 aromatic rings. The van der Waals surface area contributed by atoms with Gasteiger partial charge in [-0.3, -0.25) is 9.69 Å². The molecule has 0 bridgehead atoms. The molecule has 6 nitrogen and oxygen atoms in total. The molecule has 1 N–H and O–H groups in total. The smallest absolute Gasteiger partial charge is 0.306 e. The minimum Gasteiger partial charge on any atom is -0.469 e. The van der Waals surface area contributed by atoms with E-state index >= 15 is 0 Å². The van der Waals surface area contributed by atoms with E-state index in [-0.39, 0.29) is 5.97 Å². The van der Waals surface area contributed by atoms with Crippen LogP contribution in [0.2, 0.25) is 0 Å². The molecule has 40 heavy (non-hydrogen) atoms. The van der Waals surface area contributed by atoms with Gasteiger partial charge in [0.2, 0.25) is 0 Å². The first-order valence-corrected chi connectivity index (χ1v) is 17.0. The van der Waals surface area contributed by atoms with Crippen LogP contribution in [-0.4, -0.2) is 68.3 Å². The van der Waals surface area contributed by atoms with Crippen LogP contribution in [-0.2, 0) is 19.0 Å². The number of ether oxygens (including phenoxy) is 3. The van der Waals surface area contributed by atoms with Gasteiger partial charge < -0.3 is 19.3 Å². The van der Waals surface area contributed by atoms with E-state index in [9.17, 15) is 9.90 Å². The summed E-state index contributed by atoms with van der Waals surface area (Å²) in [6.07, 6.45) is 14.6. The van der Waals surface area contributed by atoms with Gasteiger partial charge in [-0.2, -0.15) is 0 Å². The molecule has 232 valence electrons. The summed E-state index contributed by atoms with van der Waals surface area (Å²) in [4.78, 5) is 13.4. The summed E-state index contributed by atoms with van der Waals surface area (Å²) < 4.78 is 17.5. The zero-order valence-corrected chi connectivity index (χ0v) is 26.8. The molecule has 0 radical (unpaired) electrons. The second-order valence-corrected chi connectivity index (χ2v) is 13.9. The van der Waals surface area contributed by atoms with Gasteiger partial charge in [0.1, 0.15) is 6.23 Å². The maximum absolute atomic E-state index is 11.5. The standard InChI is InChI=1S/C32H55NO5.C2H6/c1-6-37-23-12-15-31(3)22(18-23)19-27(38-7-2)30-25(31)13-16-32-20-21(24(32)9-10-26(30)32)8-11-28(34)33(4)17-14-29(35)36-5;1-2/h21-28,30,34H,6-20H2,1-5H3;1-2H3/t21-,22-,23+,24+,25?,26?,27+,28?,30+,31-,32-;/m0./s1. The lowest BCUT2D eigenvalue weighted by Crippen LogP contribution is -2.62. The van der Waals surface area contributed by atoms with E-state index in [4.69, 9.17) is 14.2 Å². The molecule has 5 rings (SSSR count). The quantitative estimate of drug-likeness (QED) is 0.223. The Kier molecular flexibility index (Phi) is 11.1. The molecule has 5 aliphatic carbocycles. The van der Waals surface area contributed by atoms with Crippen molar-refractivity contribution in [2.45, 2.75) is 130 Å². The van der Waals surface area contributed by atoms with Crippen molar-refractivity contribution in [1.82, 2.24) is 4.90 Å². The summed E-state index contributed by atoms with van der Waals surface area (Å²) in [5, 5.41) is 10.7. The van der Waals surface area contributed by atoms with Crippen LogP contribution in [0.15, 0.2) is 0 Å². The largest absolute Gasteiger partial charge is 0.469 e. The molecule has 0 heterocycles. The second kappa shape index (κ2) is 13.7. The normalized spacial score (nSPS) is 42.3. The fourth-order valence-corrected chi connectivity index (χ4v) is 10.8. The predicted molar refractivity (Wildman–Crippen MR) is 160 cm³/mol. The molecule has 5 saturated carbocycles. The number of carbonyl (C=O) groups is 1. The van der Waals surface area contributed by atoms with Gasteiger partial charge in [-0.25, -0.2) is 0 Å². The van der Waals surface area contributed by atoms with Crippen LogP contribution in [0, 0.1) is 46.3 Å². The maximum atomic E-state index is 11.5. The van der Waals surface area contributed by atoms with Crippen molar-refractivity contribution in [3.63, 3.8) is 0 Å². The number of methoxy groups -OCH3 is 1. The lowest BCUT2D eigenvalue weighted by Gasteiger charge is -2.66. The first kappa shape index (κ1) is 32.2. The number of carbonyl (C=O) groups excluding carboxylic acids is 1. The molecule has 0 saturated heterocycles. The van der Waals surface area contributed by atoms with Crippen molar-refractivity contribution in [1.29, 1.82) is 0 Å². The summed E-state index contributed by atoms with van der Waals surface area (Å²) >= 11 is 0. The van der Waals surface area contributed by atoms with Crippen LogP contribution >= 0.6 is 0 Å². The van der Waals surface area contributed by atoms with Crippen LogP contribution < -0.4 is 0 Å².